The Morgan fingerprint density at radius 1 is 1.12 bits per heavy atom. The van der Waals surface area contributed by atoms with E-state index in [1.165, 1.54) is 0 Å². The number of carbonyl (C=O) groups is 2. The molecule has 0 aromatic carbocycles. The van der Waals surface area contributed by atoms with E-state index in [0.717, 1.165) is 0 Å². The number of hydrogen-bond donors (Lipinski definition) is 5. The van der Waals surface area contributed by atoms with Crippen LogP contribution in [0, 0.1) is 5.92 Å². The molecule has 1 aliphatic rings. The van der Waals surface area contributed by atoms with Gasteiger partial charge in [-0.25, -0.2) is 0 Å². The molecule has 1 saturated heterocycles. The smallest absolute Gasteiger partial charge is 0.226 e. The lowest BCUT2D eigenvalue weighted by Gasteiger charge is -2.27. The van der Waals surface area contributed by atoms with Crippen LogP contribution in [0.1, 0.15) is 19.3 Å². The lowest BCUT2D eigenvalue weighted by molar-refractivity contribution is -0.136. The van der Waals surface area contributed by atoms with Crippen LogP contribution in [-0.4, -0.2) is 57.2 Å². The Labute approximate surface area is 98.1 Å². The largest absolute Gasteiger partial charge is 0.394 e. The lowest BCUT2D eigenvalue weighted by atomic mass is 9.89. The van der Waals surface area contributed by atoms with E-state index in [4.69, 9.17) is 10.2 Å². The average molecular weight is 247 g/mol. The van der Waals surface area contributed by atoms with Gasteiger partial charge in [0.2, 0.25) is 11.8 Å². The molecule has 98 valence electrons. The third-order valence-electron chi connectivity index (χ3n) is 2.78. The van der Waals surface area contributed by atoms with Crippen LogP contribution in [0.5, 0.6) is 0 Å². The molecule has 1 aliphatic heterocycles. The zero-order valence-corrected chi connectivity index (χ0v) is 9.24. The Balaban J connectivity index is 2.47. The van der Waals surface area contributed by atoms with Gasteiger partial charge in [-0.15, -0.1) is 0 Å². The summed E-state index contributed by atoms with van der Waals surface area (Å²) < 4.78 is 0. The Kier molecular flexibility index (Phi) is 5.01. The van der Waals surface area contributed by atoms with E-state index in [9.17, 15) is 19.8 Å². The third-order valence-corrected chi connectivity index (χ3v) is 2.78. The fourth-order valence-electron chi connectivity index (χ4n) is 1.87. The van der Waals surface area contributed by atoms with Gasteiger partial charge in [-0.1, -0.05) is 0 Å². The molecule has 2 amide bonds. The number of aliphatic hydroxyl groups is 4. The number of amides is 2. The highest BCUT2D eigenvalue weighted by Gasteiger charge is 2.31. The Hall–Kier alpha value is -1.02. The van der Waals surface area contributed by atoms with Gasteiger partial charge in [0.05, 0.1) is 12.7 Å². The van der Waals surface area contributed by atoms with E-state index in [0.29, 0.717) is 0 Å². The van der Waals surface area contributed by atoms with Gasteiger partial charge in [-0.3, -0.25) is 14.9 Å². The molecule has 0 bridgehead atoms. The molecule has 5 N–H and O–H groups in total. The number of piperidine rings is 1. The second kappa shape index (κ2) is 6.06. The second-order valence-corrected chi connectivity index (χ2v) is 4.29. The Morgan fingerprint density at radius 2 is 1.65 bits per heavy atom. The minimum Gasteiger partial charge on any atom is -0.394 e. The van der Waals surface area contributed by atoms with Crippen molar-refractivity contribution in [2.24, 2.45) is 5.92 Å². The highest BCUT2D eigenvalue weighted by atomic mass is 16.4. The van der Waals surface area contributed by atoms with Gasteiger partial charge in [0.15, 0.2) is 0 Å². The summed E-state index contributed by atoms with van der Waals surface area (Å²) in [5, 5.41) is 38.8. The molecule has 0 radical (unpaired) electrons. The van der Waals surface area contributed by atoms with Crippen LogP contribution in [0.4, 0.5) is 0 Å². The average Bonchev–Trinajstić information content (AvgIpc) is 2.25. The molecule has 1 fully saturated rings. The van der Waals surface area contributed by atoms with Crippen molar-refractivity contribution in [2.75, 3.05) is 6.61 Å². The number of carbonyl (C=O) groups excluding carboxylic acids is 2. The molecule has 3 atom stereocenters. The molecular weight excluding hydrogens is 230 g/mol. The highest BCUT2D eigenvalue weighted by molar-refractivity contribution is 5.97. The van der Waals surface area contributed by atoms with E-state index in [1.54, 1.807) is 0 Å². The van der Waals surface area contributed by atoms with E-state index in [-0.39, 0.29) is 25.2 Å². The summed E-state index contributed by atoms with van der Waals surface area (Å²) in [6.45, 7) is -0.664. The molecule has 0 spiro atoms. The number of aliphatic hydroxyl groups excluding tert-OH is 4. The summed E-state index contributed by atoms with van der Waals surface area (Å²) >= 11 is 0. The molecule has 17 heavy (non-hydrogen) atoms. The fraction of sp³-hybridized carbons (Fsp3) is 0.800. The molecule has 3 unspecified atom stereocenters. The van der Waals surface area contributed by atoms with Crippen LogP contribution in [0.25, 0.3) is 0 Å². The second-order valence-electron chi connectivity index (χ2n) is 4.29. The minimum absolute atomic E-state index is 0.0252. The Bertz CT molecular complexity index is 279. The molecule has 0 aliphatic carbocycles. The molecule has 1 heterocycles. The van der Waals surface area contributed by atoms with Gasteiger partial charge in [-0.05, 0) is 12.3 Å². The molecule has 7 heteroatoms. The summed E-state index contributed by atoms with van der Waals surface area (Å²) in [6, 6.07) is 0. The third kappa shape index (κ3) is 4.04. The molecular formula is C10H17NO6. The maximum absolute atomic E-state index is 11.1. The zero-order chi connectivity index (χ0) is 13.0. The maximum Gasteiger partial charge on any atom is 0.226 e. The van der Waals surface area contributed by atoms with Crippen LogP contribution in [0.3, 0.4) is 0 Å². The zero-order valence-electron chi connectivity index (χ0n) is 9.24. The first-order chi connectivity index (χ1) is 7.93. The van der Waals surface area contributed by atoms with Gasteiger partial charge in [-0.2, -0.15) is 0 Å². The molecule has 0 aromatic heterocycles. The van der Waals surface area contributed by atoms with Crippen LogP contribution in [-0.2, 0) is 9.59 Å². The van der Waals surface area contributed by atoms with Crippen molar-refractivity contribution in [1.82, 2.24) is 5.32 Å². The van der Waals surface area contributed by atoms with Gasteiger partial charge >= 0.3 is 0 Å². The SMILES string of the molecule is O=C1CC(CC(O)C(O)C(O)CO)CC(=O)N1. The predicted molar refractivity (Wildman–Crippen MR) is 55.6 cm³/mol. The highest BCUT2D eigenvalue weighted by Crippen LogP contribution is 2.21. The summed E-state index contributed by atoms with van der Waals surface area (Å²) in [6.07, 6.45) is -3.97. The van der Waals surface area contributed by atoms with Crippen LogP contribution >= 0.6 is 0 Å². The van der Waals surface area contributed by atoms with Crippen molar-refractivity contribution in [3.05, 3.63) is 0 Å². The standard InChI is InChI=1S/C10H17NO6/c12-4-7(14)10(17)6(13)1-5-2-8(15)11-9(16)3-5/h5-7,10,12-14,17H,1-4H2,(H,11,15,16). The lowest BCUT2D eigenvalue weighted by Crippen LogP contribution is -2.43. The van der Waals surface area contributed by atoms with Crippen molar-refractivity contribution in [1.29, 1.82) is 0 Å². The Morgan fingerprint density at radius 3 is 2.12 bits per heavy atom. The van der Waals surface area contributed by atoms with E-state index in [2.05, 4.69) is 5.32 Å². The van der Waals surface area contributed by atoms with Crippen molar-refractivity contribution in [2.45, 2.75) is 37.6 Å². The van der Waals surface area contributed by atoms with Gasteiger partial charge in [0.1, 0.15) is 12.2 Å². The van der Waals surface area contributed by atoms with Crippen molar-refractivity contribution in [3.63, 3.8) is 0 Å². The van der Waals surface area contributed by atoms with Crippen LogP contribution < -0.4 is 5.32 Å². The topological polar surface area (TPSA) is 127 Å². The quantitative estimate of drug-likeness (QED) is 0.342. The normalized spacial score (nSPS) is 23.1. The monoisotopic (exact) mass is 247 g/mol. The van der Waals surface area contributed by atoms with E-state index in [1.807, 2.05) is 0 Å². The first-order valence-electron chi connectivity index (χ1n) is 5.41. The van der Waals surface area contributed by atoms with Crippen molar-refractivity contribution < 1.29 is 30.0 Å². The van der Waals surface area contributed by atoms with Crippen LogP contribution in [0.15, 0.2) is 0 Å². The minimum atomic E-state index is -1.49. The number of imide groups is 1. The van der Waals surface area contributed by atoms with E-state index >= 15 is 0 Å². The molecule has 1 rings (SSSR count). The molecule has 7 nitrogen and oxygen atoms in total. The molecule has 0 aromatic rings. The summed E-state index contributed by atoms with van der Waals surface area (Å²) in [5.74, 6) is -1.17. The summed E-state index contributed by atoms with van der Waals surface area (Å²) in [4.78, 5) is 22.1. The fourth-order valence-corrected chi connectivity index (χ4v) is 1.87. The van der Waals surface area contributed by atoms with Crippen molar-refractivity contribution >= 4 is 11.8 Å². The predicted octanol–water partition coefficient (Wildman–Crippen LogP) is -2.50. The van der Waals surface area contributed by atoms with Crippen molar-refractivity contribution in [3.8, 4) is 0 Å². The van der Waals surface area contributed by atoms with Gasteiger partial charge < -0.3 is 20.4 Å². The first-order valence-corrected chi connectivity index (χ1v) is 5.41. The number of hydrogen-bond acceptors (Lipinski definition) is 6. The van der Waals surface area contributed by atoms with Gasteiger partial charge in [0.25, 0.3) is 0 Å². The summed E-state index contributed by atoms with van der Waals surface area (Å²) in [7, 11) is 0. The summed E-state index contributed by atoms with van der Waals surface area (Å²) in [5.41, 5.74) is 0. The van der Waals surface area contributed by atoms with Crippen LogP contribution in [0.2, 0.25) is 0 Å². The van der Waals surface area contributed by atoms with E-state index < -0.39 is 36.7 Å². The number of nitrogens with one attached hydrogen (secondary N) is 1. The maximum atomic E-state index is 11.1. The van der Waals surface area contributed by atoms with Gasteiger partial charge in [0, 0.05) is 12.8 Å². The molecule has 0 saturated carbocycles. The number of rotatable bonds is 5. The first kappa shape index (κ1) is 14.0.